The third-order valence-corrected chi connectivity index (χ3v) is 0.873. The number of allylic oxidation sites excluding steroid dienone is 1. The molecule has 1 heterocycles. The quantitative estimate of drug-likeness (QED) is 0.435. The van der Waals surface area contributed by atoms with Gasteiger partial charge in [0.15, 0.2) is 0 Å². The molecule has 7 heavy (non-hydrogen) atoms. The highest BCUT2D eigenvalue weighted by Crippen LogP contribution is 2.04. The van der Waals surface area contributed by atoms with E-state index in [1.807, 2.05) is 6.92 Å². The third-order valence-electron chi connectivity index (χ3n) is 0.873. The molecule has 0 aromatic carbocycles. The highest BCUT2D eigenvalue weighted by molar-refractivity contribution is 5.59. The molecule has 0 radical (unpaired) electrons. The molecular formula is C6H9N. The SMILES string of the molecule is [2H]C1=CN=CC([2H])C1C. The lowest BCUT2D eigenvalue weighted by molar-refractivity contribution is 0.765. The summed E-state index contributed by atoms with van der Waals surface area (Å²) in [5.74, 6) is 0.0162. The predicted octanol–water partition coefficient (Wildman–Crippen LogP) is 1.61. The molecule has 0 spiro atoms. The Morgan fingerprint density at radius 3 is 3.57 bits per heavy atom. The standard InChI is InChI=1S/C6H9N/c1-6-2-4-7-5-3-6/h2,4-6H,3H2,1H3/i2D,3D. The van der Waals surface area contributed by atoms with E-state index in [4.69, 9.17) is 2.74 Å². The maximum atomic E-state index is 7.30. The minimum absolute atomic E-state index is 0.0162. The Hall–Kier alpha value is -0.590. The first-order valence-corrected chi connectivity index (χ1v) is 2.34. The van der Waals surface area contributed by atoms with Gasteiger partial charge in [-0.2, -0.15) is 0 Å². The number of rotatable bonds is 0. The molecule has 0 fully saturated rings. The Kier molecular flexibility index (Phi) is 0.726. The van der Waals surface area contributed by atoms with Crippen LogP contribution in [0.15, 0.2) is 17.2 Å². The summed E-state index contributed by atoms with van der Waals surface area (Å²) in [5, 5.41) is 0. The summed E-state index contributed by atoms with van der Waals surface area (Å²) in [6.45, 7) is 1.86. The van der Waals surface area contributed by atoms with Crippen molar-refractivity contribution >= 4 is 6.21 Å². The van der Waals surface area contributed by atoms with Crippen LogP contribution in [0.2, 0.25) is 0 Å². The van der Waals surface area contributed by atoms with E-state index in [2.05, 4.69) is 4.99 Å². The summed E-state index contributed by atoms with van der Waals surface area (Å²) in [6.07, 6.45) is 2.74. The van der Waals surface area contributed by atoms with Crippen molar-refractivity contribution in [2.45, 2.75) is 13.3 Å². The lowest BCUT2D eigenvalue weighted by atomic mass is 10.1. The van der Waals surface area contributed by atoms with Crippen LogP contribution in [0.4, 0.5) is 0 Å². The smallest absolute Gasteiger partial charge is 0.0595 e. The van der Waals surface area contributed by atoms with E-state index in [9.17, 15) is 0 Å². The van der Waals surface area contributed by atoms with Crippen molar-refractivity contribution < 1.29 is 2.74 Å². The van der Waals surface area contributed by atoms with E-state index in [1.165, 1.54) is 6.20 Å². The van der Waals surface area contributed by atoms with Crippen LogP contribution in [0.3, 0.4) is 0 Å². The molecule has 0 aliphatic carbocycles. The first kappa shape index (κ1) is 2.65. The fraction of sp³-hybridized carbons (Fsp3) is 0.500. The van der Waals surface area contributed by atoms with Crippen LogP contribution in [0.25, 0.3) is 0 Å². The zero-order valence-corrected chi connectivity index (χ0v) is 4.26. The van der Waals surface area contributed by atoms with Gasteiger partial charge in [-0.25, -0.2) is 0 Å². The van der Waals surface area contributed by atoms with Crippen molar-refractivity contribution in [3.63, 3.8) is 0 Å². The molecule has 1 rings (SSSR count). The second-order valence-corrected chi connectivity index (χ2v) is 1.58. The summed E-state index contributed by atoms with van der Waals surface area (Å²) in [7, 11) is 0. The lowest BCUT2D eigenvalue weighted by Crippen LogP contribution is -1.92. The molecule has 0 saturated heterocycles. The van der Waals surface area contributed by atoms with Gasteiger partial charge in [0.2, 0.25) is 0 Å². The summed E-state index contributed by atoms with van der Waals surface area (Å²) in [5.41, 5.74) is 0. The molecule has 1 heteroatoms. The Labute approximate surface area is 46.6 Å². The molecule has 2 unspecified atom stereocenters. The van der Waals surface area contributed by atoms with E-state index in [0.29, 0.717) is 6.05 Å². The topological polar surface area (TPSA) is 12.4 Å². The van der Waals surface area contributed by atoms with Crippen molar-refractivity contribution in [1.82, 2.24) is 0 Å². The minimum atomic E-state index is -0.317. The molecule has 0 N–H and O–H groups in total. The fourth-order valence-electron chi connectivity index (χ4n) is 0.438. The summed E-state index contributed by atoms with van der Waals surface area (Å²) in [4.78, 5) is 3.73. The maximum absolute atomic E-state index is 7.30. The largest absolute Gasteiger partial charge is 0.269 e. The molecule has 0 aromatic rings. The van der Waals surface area contributed by atoms with Crippen molar-refractivity contribution in [3.8, 4) is 0 Å². The maximum Gasteiger partial charge on any atom is 0.0595 e. The molecule has 0 saturated carbocycles. The van der Waals surface area contributed by atoms with E-state index >= 15 is 0 Å². The van der Waals surface area contributed by atoms with Crippen molar-refractivity contribution in [3.05, 3.63) is 12.3 Å². The number of hydrogen-bond donors (Lipinski definition) is 0. The van der Waals surface area contributed by atoms with Crippen molar-refractivity contribution in [1.29, 1.82) is 0 Å². The van der Waals surface area contributed by atoms with Crippen LogP contribution < -0.4 is 0 Å². The molecular weight excluding hydrogens is 86.1 g/mol. The van der Waals surface area contributed by atoms with Crippen LogP contribution in [0.1, 0.15) is 16.1 Å². The van der Waals surface area contributed by atoms with Gasteiger partial charge in [0.05, 0.1) is 1.37 Å². The zero-order chi connectivity index (χ0) is 6.85. The summed E-state index contributed by atoms with van der Waals surface area (Å²) >= 11 is 0. The third kappa shape index (κ3) is 1.15. The van der Waals surface area contributed by atoms with Gasteiger partial charge in [-0.3, -0.25) is 4.99 Å². The Morgan fingerprint density at radius 2 is 3.00 bits per heavy atom. The van der Waals surface area contributed by atoms with Gasteiger partial charge in [0.25, 0.3) is 0 Å². The second-order valence-electron chi connectivity index (χ2n) is 1.58. The van der Waals surface area contributed by atoms with Crippen LogP contribution >= 0.6 is 0 Å². The Bertz CT molecular complexity index is 162. The lowest BCUT2D eigenvalue weighted by Gasteiger charge is -2.01. The predicted molar refractivity (Wildman–Crippen MR) is 31.4 cm³/mol. The number of aliphatic imine (C=N–C) groups is 1. The molecule has 2 atom stereocenters. The van der Waals surface area contributed by atoms with Crippen molar-refractivity contribution in [2.24, 2.45) is 10.9 Å². The zero-order valence-electron chi connectivity index (χ0n) is 6.26. The van der Waals surface area contributed by atoms with E-state index in [0.717, 1.165) is 0 Å². The van der Waals surface area contributed by atoms with Gasteiger partial charge in [-0.1, -0.05) is 13.0 Å². The molecule has 1 aliphatic heterocycles. The highest BCUT2D eigenvalue weighted by Gasteiger charge is 1.94. The van der Waals surface area contributed by atoms with E-state index in [-0.39, 0.29) is 12.3 Å². The van der Waals surface area contributed by atoms with E-state index < -0.39 is 0 Å². The van der Waals surface area contributed by atoms with Crippen LogP contribution in [0, 0.1) is 5.92 Å². The van der Waals surface area contributed by atoms with Gasteiger partial charge < -0.3 is 0 Å². The van der Waals surface area contributed by atoms with Gasteiger partial charge in [0, 0.05) is 13.8 Å². The molecule has 38 valence electrons. The first-order valence-electron chi connectivity index (χ1n) is 3.42. The monoisotopic (exact) mass is 97.1 g/mol. The fourth-order valence-corrected chi connectivity index (χ4v) is 0.438. The average molecular weight is 97.2 g/mol. The molecule has 0 amide bonds. The van der Waals surface area contributed by atoms with Crippen LogP contribution in [0.5, 0.6) is 0 Å². The first-order chi connectivity index (χ1) is 4.22. The van der Waals surface area contributed by atoms with E-state index in [1.54, 1.807) is 6.21 Å². The average Bonchev–Trinajstić information content (AvgIpc) is 1.83. The molecule has 1 aliphatic rings. The van der Waals surface area contributed by atoms with Crippen LogP contribution in [-0.2, 0) is 0 Å². The minimum Gasteiger partial charge on any atom is -0.269 e. The summed E-state index contributed by atoms with van der Waals surface area (Å²) in [6, 6.07) is 0.456. The normalized spacial score (nSPS) is 44.4. The number of nitrogens with zero attached hydrogens (tertiary/aromatic N) is 1. The second kappa shape index (κ2) is 1.92. The van der Waals surface area contributed by atoms with Gasteiger partial charge in [0.1, 0.15) is 0 Å². The van der Waals surface area contributed by atoms with Crippen molar-refractivity contribution in [2.75, 3.05) is 0 Å². The number of hydrogen-bond acceptors (Lipinski definition) is 1. The molecule has 0 aromatic heterocycles. The van der Waals surface area contributed by atoms with Gasteiger partial charge >= 0.3 is 0 Å². The molecule has 1 nitrogen and oxygen atoms in total. The summed E-state index contributed by atoms with van der Waals surface area (Å²) < 4.78 is 14.5. The van der Waals surface area contributed by atoms with Gasteiger partial charge in [-0.05, 0) is 12.3 Å². The van der Waals surface area contributed by atoms with Crippen LogP contribution in [-0.4, -0.2) is 6.21 Å². The molecule has 0 bridgehead atoms. The van der Waals surface area contributed by atoms with Gasteiger partial charge in [-0.15, -0.1) is 0 Å². The Morgan fingerprint density at radius 1 is 2.14 bits per heavy atom. The Balaban J connectivity index is 2.73. The highest BCUT2D eigenvalue weighted by atomic mass is 14.7.